The molecule has 4 heterocycles. The molecule has 0 amide bonds. The molecule has 5 rings (SSSR count). The van der Waals surface area contributed by atoms with Crippen LogP contribution in [-0.2, 0) is 9.53 Å². The molecule has 0 spiro atoms. The molecule has 1 N–H and O–H groups in total. The second-order valence-electron chi connectivity index (χ2n) is 11.1. The van der Waals surface area contributed by atoms with E-state index in [2.05, 4.69) is 25.0 Å². The summed E-state index contributed by atoms with van der Waals surface area (Å²) in [5.74, 6) is -5.31. The van der Waals surface area contributed by atoms with E-state index in [1.165, 1.54) is 10.6 Å². The number of nitrogens with zero attached hydrogens (tertiary/aromatic N) is 6. The predicted molar refractivity (Wildman–Crippen MR) is 158 cm³/mol. The van der Waals surface area contributed by atoms with Crippen molar-refractivity contribution in [1.29, 1.82) is 5.26 Å². The summed E-state index contributed by atoms with van der Waals surface area (Å²) in [6, 6.07) is 7.40. The van der Waals surface area contributed by atoms with Gasteiger partial charge in [-0.2, -0.15) is 23.4 Å². The molecule has 4 aromatic rings. The van der Waals surface area contributed by atoms with Crippen molar-refractivity contribution in [3.63, 3.8) is 0 Å². The number of benzene rings is 1. The smallest absolute Gasteiger partial charge is 0.383 e. The minimum absolute atomic E-state index is 0.00682. The number of alkyl halides is 3. The molecule has 1 aliphatic heterocycles. The number of anilines is 1. The second-order valence-corrected chi connectivity index (χ2v) is 11.1. The SMILES string of the molecule is Cc1ccnc(C(C)C)c1-n1c(=O)nc(N2CCNCC2C)c2cc(C#N)c(-c3cc(C(=O)OC(=O)C(F)(F)F)ccc3F)nc21. The lowest BCUT2D eigenvalue weighted by atomic mass is 10.0. The van der Waals surface area contributed by atoms with Crippen molar-refractivity contribution in [3.8, 4) is 23.0 Å². The Morgan fingerprint density at radius 3 is 2.57 bits per heavy atom. The van der Waals surface area contributed by atoms with Crippen LogP contribution < -0.4 is 15.9 Å². The van der Waals surface area contributed by atoms with Crippen LogP contribution in [0.3, 0.4) is 0 Å². The molecule has 1 unspecified atom stereocenters. The number of halogens is 4. The van der Waals surface area contributed by atoms with Crippen molar-refractivity contribution in [2.75, 3.05) is 24.5 Å². The quantitative estimate of drug-likeness (QED) is 0.191. The third-order valence-corrected chi connectivity index (χ3v) is 7.54. The van der Waals surface area contributed by atoms with Gasteiger partial charge in [0.1, 0.15) is 17.7 Å². The minimum Gasteiger partial charge on any atom is -0.383 e. The van der Waals surface area contributed by atoms with E-state index >= 15 is 4.39 Å². The van der Waals surface area contributed by atoms with Crippen LogP contribution in [0, 0.1) is 24.1 Å². The largest absolute Gasteiger partial charge is 0.491 e. The van der Waals surface area contributed by atoms with Gasteiger partial charge in [-0.1, -0.05) is 13.8 Å². The maximum Gasteiger partial charge on any atom is 0.491 e. The number of aromatic nitrogens is 4. The summed E-state index contributed by atoms with van der Waals surface area (Å²) in [5.41, 5.74) is -0.644. The Labute approximate surface area is 259 Å². The van der Waals surface area contributed by atoms with Gasteiger partial charge >= 0.3 is 23.8 Å². The lowest BCUT2D eigenvalue weighted by Crippen LogP contribution is -2.50. The van der Waals surface area contributed by atoms with Crippen LogP contribution in [0.4, 0.5) is 23.4 Å². The number of nitriles is 1. The topological polar surface area (TPSA) is 143 Å². The highest BCUT2D eigenvalue weighted by Gasteiger charge is 2.42. The van der Waals surface area contributed by atoms with Gasteiger partial charge in [0.15, 0.2) is 5.65 Å². The zero-order valence-corrected chi connectivity index (χ0v) is 25.1. The maximum atomic E-state index is 15.4. The summed E-state index contributed by atoms with van der Waals surface area (Å²) in [5, 5.41) is 13.7. The standard InChI is InChI=1S/C31H27F4N7O4/c1-15(2)23-25(16(3)7-8-38-23)42-27-21(26(40-30(42)45)41-10-9-37-14-17(41)4)12-19(13-36)24(39-27)20-11-18(5-6-22(20)32)28(43)46-29(44)31(33,34)35/h5-8,11-12,15,17,37H,9-10,14H2,1-4H3. The Bertz CT molecular complexity index is 1990. The van der Waals surface area contributed by atoms with Gasteiger partial charge in [-0.05, 0) is 55.7 Å². The molecule has 1 fully saturated rings. The molecule has 1 saturated heterocycles. The molecule has 15 heteroatoms. The molecule has 0 aliphatic carbocycles. The van der Waals surface area contributed by atoms with Crippen molar-refractivity contribution in [3.05, 3.63) is 75.2 Å². The number of aryl methyl sites for hydroxylation is 1. The van der Waals surface area contributed by atoms with E-state index < -0.39 is 40.7 Å². The number of fused-ring (bicyclic) bond motifs is 1. The van der Waals surface area contributed by atoms with Crippen LogP contribution >= 0.6 is 0 Å². The van der Waals surface area contributed by atoms with Crippen molar-refractivity contribution >= 4 is 28.8 Å². The highest BCUT2D eigenvalue weighted by Crippen LogP contribution is 2.34. The maximum absolute atomic E-state index is 15.4. The number of hydrogen-bond acceptors (Lipinski definition) is 10. The summed E-state index contributed by atoms with van der Waals surface area (Å²) in [6.45, 7) is 9.15. The number of rotatable bonds is 5. The van der Waals surface area contributed by atoms with Crippen LogP contribution in [0.15, 0.2) is 41.3 Å². The fraction of sp³-hybridized carbons (Fsp3) is 0.323. The van der Waals surface area contributed by atoms with Crippen LogP contribution in [0.25, 0.3) is 28.0 Å². The van der Waals surface area contributed by atoms with E-state index in [9.17, 15) is 32.8 Å². The minimum atomic E-state index is -5.44. The summed E-state index contributed by atoms with van der Waals surface area (Å²) in [7, 11) is 0. The zero-order valence-electron chi connectivity index (χ0n) is 25.1. The molecule has 0 bridgehead atoms. The Kier molecular flexibility index (Phi) is 8.59. The van der Waals surface area contributed by atoms with Gasteiger partial charge in [-0.25, -0.2) is 28.3 Å². The Morgan fingerprint density at radius 2 is 1.91 bits per heavy atom. The normalized spacial score (nSPS) is 15.2. The lowest BCUT2D eigenvalue weighted by Gasteiger charge is -2.35. The van der Waals surface area contributed by atoms with E-state index in [4.69, 9.17) is 0 Å². The zero-order chi connectivity index (χ0) is 33.5. The van der Waals surface area contributed by atoms with Gasteiger partial charge < -0.3 is 15.0 Å². The fourth-order valence-electron chi connectivity index (χ4n) is 5.32. The predicted octanol–water partition coefficient (Wildman–Crippen LogP) is 4.33. The third kappa shape index (κ3) is 5.91. The Hall–Kier alpha value is -5.23. The molecule has 0 radical (unpaired) electrons. The van der Waals surface area contributed by atoms with E-state index in [1.807, 2.05) is 31.7 Å². The van der Waals surface area contributed by atoms with Crippen molar-refractivity contribution in [2.24, 2.45) is 0 Å². The number of hydrogen-bond donors (Lipinski definition) is 1. The number of carbonyl (C=O) groups is 2. The molecular weight excluding hydrogens is 610 g/mol. The number of carbonyl (C=O) groups excluding carboxylic acids is 2. The van der Waals surface area contributed by atoms with Gasteiger partial charge in [0.2, 0.25) is 0 Å². The Balaban J connectivity index is 1.83. The number of nitrogens with one attached hydrogen (secondary N) is 1. The third-order valence-electron chi connectivity index (χ3n) is 7.54. The number of pyridine rings is 2. The highest BCUT2D eigenvalue weighted by atomic mass is 19.4. The first-order valence-electron chi connectivity index (χ1n) is 14.2. The molecular formula is C31H27F4N7O4. The molecule has 1 aromatic carbocycles. The average Bonchev–Trinajstić information content (AvgIpc) is 3.00. The summed E-state index contributed by atoms with van der Waals surface area (Å²) in [4.78, 5) is 53.1. The van der Waals surface area contributed by atoms with E-state index in [0.717, 1.165) is 18.2 Å². The van der Waals surface area contributed by atoms with Gasteiger partial charge in [-0.3, -0.25) is 4.98 Å². The molecule has 11 nitrogen and oxygen atoms in total. The highest BCUT2D eigenvalue weighted by molar-refractivity contribution is 5.99. The van der Waals surface area contributed by atoms with Crippen LogP contribution in [-0.4, -0.2) is 63.3 Å². The van der Waals surface area contributed by atoms with Crippen LogP contribution in [0.5, 0.6) is 0 Å². The molecule has 46 heavy (non-hydrogen) atoms. The average molecular weight is 638 g/mol. The number of esters is 2. The van der Waals surface area contributed by atoms with E-state index in [-0.39, 0.29) is 34.7 Å². The summed E-state index contributed by atoms with van der Waals surface area (Å²) >= 11 is 0. The fourth-order valence-corrected chi connectivity index (χ4v) is 5.32. The molecule has 3 aromatic heterocycles. The summed E-state index contributed by atoms with van der Waals surface area (Å²) < 4.78 is 58.7. The molecule has 238 valence electrons. The molecule has 1 aliphatic rings. The first-order chi connectivity index (χ1) is 21.7. The van der Waals surface area contributed by atoms with Gasteiger partial charge in [0.25, 0.3) is 0 Å². The van der Waals surface area contributed by atoms with Crippen LogP contribution in [0.1, 0.15) is 53.9 Å². The number of ether oxygens (including phenoxy) is 1. The van der Waals surface area contributed by atoms with Crippen molar-refractivity contribution < 1.29 is 31.9 Å². The monoisotopic (exact) mass is 637 g/mol. The molecule has 1 atom stereocenters. The Morgan fingerprint density at radius 1 is 1.17 bits per heavy atom. The van der Waals surface area contributed by atoms with Gasteiger partial charge in [0.05, 0.1) is 33.6 Å². The first kappa shape index (κ1) is 32.2. The van der Waals surface area contributed by atoms with Gasteiger partial charge in [0, 0.05) is 37.4 Å². The lowest BCUT2D eigenvalue weighted by molar-refractivity contribution is -0.193. The number of piperazine rings is 1. The van der Waals surface area contributed by atoms with Crippen molar-refractivity contribution in [2.45, 2.75) is 45.8 Å². The van der Waals surface area contributed by atoms with E-state index in [0.29, 0.717) is 42.0 Å². The van der Waals surface area contributed by atoms with Gasteiger partial charge in [-0.15, -0.1) is 0 Å². The summed E-state index contributed by atoms with van der Waals surface area (Å²) in [6.07, 6.45) is -3.84. The second kappa shape index (κ2) is 12.3. The first-order valence-corrected chi connectivity index (χ1v) is 14.2. The van der Waals surface area contributed by atoms with Crippen LogP contribution in [0.2, 0.25) is 0 Å². The molecule has 0 saturated carbocycles. The van der Waals surface area contributed by atoms with E-state index in [1.54, 1.807) is 19.2 Å². The van der Waals surface area contributed by atoms with Crippen molar-refractivity contribution in [1.82, 2.24) is 24.8 Å².